The van der Waals surface area contributed by atoms with Crippen molar-refractivity contribution in [2.45, 2.75) is 33.2 Å². The maximum absolute atomic E-state index is 13.0. The molecule has 0 aliphatic carbocycles. The zero-order chi connectivity index (χ0) is 21.8. The van der Waals surface area contributed by atoms with E-state index < -0.39 is 17.7 Å². The van der Waals surface area contributed by atoms with Crippen LogP contribution in [-0.2, 0) is 25.5 Å². The van der Waals surface area contributed by atoms with Crippen LogP contribution < -0.4 is 4.90 Å². The number of aliphatic hydroxyl groups excluding tert-OH is 1. The van der Waals surface area contributed by atoms with Crippen LogP contribution in [-0.4, -0.2) is 34.4 Å². The zero-order valence-electron chi connectivity index (χ0n) is 17.2. The summed E-state index contributed by atoms with van der Waals surface area (Å²) >= 11 is 0. The number of aromatic nitrogens is 1. The molecule has 1 aromatic carbocycles. The average molecular weight is 408 g/mol. The lowest BCUT2D eigenvalue weighted by atomic mass is 9.91. The molecule has 0 fully saturated rings. The van der Waals surface area contributed by atoms with Crippen molar-refractivity contribution < 1.29 is 24.2 Å². The summed E-state index contributed by atoms with van der Waals surface area (Å²) < 4.78 is 4.96. The molecule has 156 valence electrons. The molecule has 0 saturated carbocycles. The highest BCUT2D eigenvalue weighted by molar-refractivity contribution is 6.16. The smallest absolute Gasteiger partial charge is 0.310 e. The van der Waals surface area contributed by atoms with Gasteiger partial charge in [-0.25, -0.2) is 0 Å². The van der Waals surface area contributed by atoms with Crippen LogP contribution in [0, 0.1) is 5.92 Å². The Labute approximate surface area is 175 Å². The van der Waals surface area contributed by atoms with E-state index in [2.05, 4.69) is 4.98 Å². The summed E-state index contributed by atoms with van der Waals surface area (Å²) in [6, 6.07) is 9.50. The van der Waals surface area contributed by atoms with E-state index in [1.165, 1.54) is 4.90 Å². The topological polar surface area (TPSA) is 96.8 Å². The van der Waals surface area contributed by atoms with Crippen LogP contribution in [0.25, 0.3) is 0 Å². The molecule has 1 amide bonds. The van der Waals surface area contributed by atoms with Gasteiger partial charge in [-0.3, -0.25) is 24.3 Å². The number of carbonyl (C=O) groups excluding carboxylic acids is 3. The van der Waals surface area contributed by atoms with Crippen molar-refractivity contribution in [2.24, 2.45) is 5.92 Å². The fourth-order valence-corrected chi connectivity index (χ4v) is 3.45. The van der Waals surface area contributed by atoms with E-state index >= 15 is 0 Å². The predicted octanol–water partition coefficient (Wildman–Crippen LogP) is 3.31. The van der Waals surface area contributed by atoms with Crippen molar-refractivity contribution in [3.05, 3.63) is 71.3 Å². The first kappa shape index (κ1) is 21.2. The summed E-state index contributed by atoms with van der Waals surface area (Å²) in [4.78, 5) is 42.9. The number of hydrogen-bond acceptors (Lipinski definition) is 6. The number of ether oxygens (including phenoxy) is 1. The Bertz CT molecular complexity index is 980. The van der Waals surface area contributed by atoms with E-state index in [-0.39, 0.29) is 29.7 Å². The molecule has 3 rings (SSSR count). The van der Waals surface area contributed by atoms with Crippen LogP contribution in [0.15, 0.2) is 60.1 Å². The van der Waals surface area contributed by atoms with Crippen molar-refractivity contribution in [3.8, 4) is 0 Å². The van der Waals surface area contributed by atoms with Crippen molar-refractivity contribution in [1.82, 2.24) is 4.98 Å². The lowest BCUT2D eigenvalue weighted by molar-refractivity contribution is -0.142. The molecule has 2 aromatic rings. The number of esters is 1. The average Bonchev–Trinajstić information content (AvgIpc) is 2.99. The number of amides is 1. The molecular weight excluding hydrogens is 384 g/mol. The number of aliphatic hydroxyl groups is 1. The van der Waals surface area contributed by atoms with Crippen LogP contribution in [0.2, 0.25) is 0 Å². The van der Waals surface area contributed by atoms with Crippen molar-refractivity contribution in [1.29, 1.82) is 0 Å². The summed E-state index contributed by atoms with van der Waals surface area (Å²) in [7, 11) is 0. The molecule has 1 unspecified atom stereocenters. The molecule has 0 bridgehead atoms. The van der Waals surface area contributed by atoms with Crippen molar-refractivity contribution in [3.63, 3.8) is 0 Å². The summed E-state index contributed by atoms with van der Waals surface area (Å²) in [6.07, 6.45) is 3.27. The molecule has 30 heavy (non-hydrogen) atoms. The van der Waals surface area contributed by atoms with E-state index in [0.717, 1.165) is 5.56 Å². The molecule has 1 atom stereocenters. The Morgan fingerprint density at radius 3 is 2.33 bits per heavy atom. The number of carbonyl (C=O) groups is 3. The Kier molecular flexibility index (Phi) is 6.30. The third-order valence-electron chi connectivity index (χ3n) is 4.89. The van der Waals surface area contributed by atoms with Gasteiger partial charge in [-0.05, 0) is 42.3 Å². The standard InChI is InChI=1S/C23H24N2O5/c1-4-30-18(26)13-15-5-7-17(8-6-15)25-20(16-9-11-24-12-10-16)19(21(27)14(2)3)22(28)23(25)29/h5-12,14,20,28H,4,13H2,1-3H3. The highest BCUT2D eigenvalue weighted by Gasteiger charge is 2.44. The fourth-order valence-electron chi connectivity index (χ4n) is 3.45. The number of nitrogens with zero attached hydrogens (tertiary/aromatic N) is 2. The normalized spacial score (nSPS) is 16.3. The predicted molar refractivity (Wildman–Crippen MR) is 111 cm³/mol. The van der Waals surface area contributed by atoms with Crippen LogP contribution in [0.1, 0.15) is 37.9 Å². The van der Waals surface area contributed by atoms with Gasteiger partial charge in [0.25, 0.3) is 5.91 Å². The Hall–Kier alpha value is -3.48. The van der Waals surface area contributed by atoms with E-state index in [0.29, 0.717) is 17.9 Å². The lowest BCUT2D eigenvalue weighted by Gasteiger charge is -2.27. The molecule has 0 radical (unpaired) electrons. The molecule has 0 saturated heterocycles. The van der Waals surface area contributed by atoms with E-state index in [1.807, 2.05) is 0 Å². The SMILES string of the molecule is CCOC(=O)Cc1ccc(N2C(=O)C(O)=C(C(=O)C(C)C)C2c2ccncc2)cc1. The van der Waals surface area contributed by atoms with Gasteiger partial charge in [-0.2, -0.15) is 0 Å². The van der Waals surface area contributed by atoms with Gasteiger partial charge < -0.3 is 9.84 Å². The molecule has 1 N–H and O–H groups in total. The van der Waals surface area contributed by atoms with Crippen LogP contribution in [0.4, 0.5) is 5.69 Å². The first-order valence-electron chi connectivity index (χ1n) is 9.80. The number of benzene rings is 1. The van der Waals surface area contributed by atoms with Gasteiger partial charge in [0.15, 0.2) is 11.5 Å². The van der Waals surface area contributed by atoms with Gasteiger partial charge in [0.2, 0.25) is 0 Å². The van der Waals surface area contributed by atoms with E-state index in [4.69, 9.17) is 4.74 Å². The minimum Gasteiger partial charge on any atom is -0.503 e. The largest absolute Gasteiger partial charge is 0.503 e. The number of hydrogen-bond donors (Lipinski definition) is 1. The number of rotatable bonds is 7. The second-order valence-electron chi connectivity index (χ2n) is 7.29. The number of pyridine rings is 1. The summed E-state index contributed by atoms with van der Waals surface area (Å²) in [6.45, 7) is 5.51. The summed E-state index contributed by atoms with van der Waals surface area (Å²) in [5, 5.41) is 10.6. The van der Waals surface area contributed by atoms with Gasteiger partial charge >= 0.3 is 5.97 Å². The quantitative estimate of drug-likeness (QED) is 0.706. The van der Waals surface area contributed by atoms with Gasteiger partial charge in [-0.1, -0.05) is 26.0 Å². The molecular formula is C23H24N2O5. The molecule has 1 aromatic heterocycles. The van der Waals surface area contributed by atoms with Crippen LogP contribution in [0.3, 0.4) is 0 Å². The third-order valence-corrected chi connectivity index (χ3v) is 4.89. The van der Waals surface area contributed by atoms with Crippen molar-refractivity contribution >= 4 is 23.3 Å². The van der Waals surface area contributed by atoms with Gasteiger partial charge in [0, 0.05) is 24.0 Å². The summed E-state index contributed by atoms with van der Waals surface area (Å²) in [5.74, 6) is -2.18. The van der Waals surface area contributed by atoms with E-state index in [9.17, 15) is 19.5 Å². The number of ketones is 1. The van der Waals surface area contributed by atoms with Gasteiger partial charge in [0.1, 0.15) is 0 Å². The maximum atomic E-state index is 13.0. The molecule has 7 heteroatoms. The third kappa shape index (κ3) is 4.10. The van der Waals surface area contributed by atoms with Crippen LogP contribution >= 0.6 is 0 Å². The minimum atomic E-state index is -0.758. The van der Waals surface area contributed by atoms with E-state index in [1.54, 1.807) is 69.6 Å². The van der Waals surface area contributed by atoms with Crippen LogP contribution in [0.5, 0.6) is 0 Å². The Balaban J connectivity index is 2.00. The molecule has 7 nitrogen and oxygen atoms in total. The lowest BCUT2D eigenvalue weighted by Crippen LogP contribution is -2.31. The van der Waals surface area contributed by atoms with Gasteiger partial charge in [0.05, 0.1) is 24.6 Å². The first-order chi connectivity index (χ1) is 14.3. The number of Topliss-reactive ketones (excluding diaryl/α,β-unsaturated/α-hetero) is 1. The molecule has 1 aliphatic heterocycles. The summed E-state index contributed by atoms with van der Waals surface area (Å²) in [5.41, 5.74) is 1.99. The zero-order valence-corrected chi connectivity index (χ0v) is 17.2. The second kappa shape index (κ2) is 8.90. The van der Waals surface area contributed by atoms with Crippen molar-refractivity contribution in [2.75, 3.05) is 11.5 Å². The highest BCUT2D eigenvalue weighted by Crippen LogP contribution is 2.41. The first-order valence-corrected chi connectivity index (χ1v) is 9.80. The monoisotopic (exact) mass is 408 g/mol. The highest BCUT2D eigenvalue weighted by atomic mass is 16.5. The maximum Gasteiger partial charge on any atom is 0.310 e. The Morgan fingerprint density at radius 1 is 1.13 bits per heavy atom. The second-order valence-corrected chi connectivity index (χ2v) is 7.29. The van der Waals surface area contributed by atoms with Gasteiger partial charge in [-0.15, -0.1) is 0 Å². The number of anilines is 1. The fraction of sp³-hybridized carbons (Fsp3) is 0.304. The molecule has 2 heterocycles. The minimum absolute atomic E-state index is 0.0804. The molecule has 0 spiro atoms. The molecule has 1 aliphatic rings. The Morgan fingerprint density at radius 2 is 1.77 bits per heavy atom.